The van der Waals surface area contributed by atoms with E-state index in [2.05, 4.69) is 35.0 Å². The molecule has 1 aromatic heterocycles. The zero-order valence-corrected chi connectivity index (χ0v) is 18.3. The molecule has 5 nitrogen and oxygen atoms in total. The molecule has 1 heterocycles. The van der Waals surface area contributed by atoms with Gasteiger partial charge in [-0.3, -0.25) is 0 Å². The summed E-state index contributed by atoms with van der Waals surface area (Å²) in [5.41, 5.74) is 3.35. The minimum Gasteiger partial charge on any atom is -0.508 e. The Kier molecular flexibility index (Phi) is 6.48. The van der Waals surface area contributed by atoms with Gasteiger partial charge in [-0.15, -0.1) is 0 Å². The van der Waals surface area contributed by atoms with Crippen LogP contribution in [0.15, 0.2) is 89.0 Å². The number of rotatable bonds is 8. The van der Waals surface area contributed by atoms with E-state index in [4.69, 9.17) is 14.5 Å². The van der Waals surface area contributed by atoms with Crippen molar-refractivity contribution in [3.63, 3.8) is 0 Å². The normalized spacial score (nSPS) is 10.8. The quantitative estimate of drug-likeness (QED) is 0.404. The molecule has 31 heavy (non-hydrogen) atoms. The van der Waals surface area contributed by atoms with Crippen LogP contribution in [-0.4, -0.2) is 28.9 Å². The van der Waals surface area contributed by atoms with Crippen LogP contribution in [0.25, 0.3) is 0 Å². The minimum atomic E-state index is 0.256. The van der Waals surface area contributed by atoms with Crippen molar-refractivity contribution in [3.05, 3.63) is 95.8 Å². The number of imidazole rings is 1. The molecule has 3 aromatic carbocycles. The topological polar surface area (TPSA) is 56.5 Å². The van der Waals surface area contributed by atoms with E-state index >= 15 is 0 Å². The van der Waals surface area contributed by atoms with E-state index in [0.717, 1.165) is 33.7 Å². The average Bonchev–Trinajstić information content (AvgIpc) is 3.16. The van der Waals surface area contributed by atoms with Crippen LogP contribution in [0.2, 0.25) is 0 Å². The maximum atomic E-state index is 9.57. The number of nitrogens with zero attached hydrogens (tertiary/aromatic N) is 2. The Hall–Kier alpha value is -3.38. The molecule has 0 saturated heterocycles. The van der Waals surface area contributed by atoms with Gasteiger partial charge in [0.25, 0.3) is 0 Å². The van der Waals surface area contributed by atoms with Gasteiger partial charge in [-0.2, -0.15) is 0 Å². The van der Waals surface area contributed by atoms with Gasteiger partial charge in [0.2, 0.25) is 0 Å². The monoisotopic (exact) mass is 432 g/mol. The highest BCUT2D eigenvalue weighted by Gasteiger charge is 2.12. The van der Waals surface area contributed by atoms with Crippen LogP contribution in [0.1, 0.15) is 16.8 Å². The average molecular weight is 433 g/mol. The lowest BCUT2D eigenvalue weighted by molar-refractivity contribution is 0.414. The van der Waals surface area contributed by atoms with Gasteiger partial charge in [-0.05, 0) is 59.7 Å². The lowest BCUT2D eigenvalue weighted by Gasteiger charge is -2.08. The van der Waals surface area contributed by atoms with E-state index in [1.165, 1.54) is 11.1 Å². The number of hydrogen-bond donors (Lipinski definition) is 1. The van der Waals surface area contributed by atoms with Gasteiger partial charge in [0.05, 0.1) is 19.9 Å². The van der Waals surface area contributed by atoms with Crippen molar-refractivity contribution in [3.8, 4) is 17.2 Å². The second-order valence-corrected chi connectivity index (χ2v) is 8.15. The third kappa shape index (κ3) is 5.41. The summed E-state index contributed by atoms with van der Waals surface area (Å²) in [4.78, 5) is 5.93. The Morgan fingerprint density at radius 3 is 1.97 bits per heavy atom. The summed E-state index contributed by atoms with van der Waals surface area (Å²) in [6.45, 7) is 0.708. The van der Waals surface area contributed by atoms with Gasteiger partial charge < -0.3 is 19.1 Å². The number of benzene rings is 3. The largest absolute Gasteiger partial charge is 0.508 e. The van der Waals surface area contributed by atoms with E-state index < -0.39 is 0 Å². The molecule has 0 aliphatic rings. The lowest BCUT2D eigenvalue weighted by Crippen LogP contribution is -2.00. The van der Waals surface area contributed by atoms with Crippen molar-refractivity contribution in [2.75, 3.05) is 14.2 Å². The number of phenolic OH excluding ortho intramolecular Hbond substituents is 1. The summed E-state index contributed by atoms with van der Waals surface area (Å²) >= 11 is 1.58. The molecule has 0 aliphatic heterocycles. The van der Waals surface area contributed by atoms with Crippen molar-refractivity contribution >= 4 is 11.8 Å². The molecule has 4 aromatic rings. The smallest absolute Gasteiger partial charge is 0.173 e. The third-order valence-corrected chi connectivity index (χ3v) is 5.91. The second kappa shape index (κ2) is 9.62. The van der Waals surface area contributed by atoms with Crippen molar-refractivity contribution in [1.82, 2.24) is 9.55 Å². The SMILES string of the molecule is COc1ccc(Cc2cn(Cc3ccc(OC)cc3)c(Sc3ccc(O)cc3)n2)cc1. The molecule has 0 spiro atoms. The first-order valence-electron chi connectivity index (χ1n) is 9.92. The number of hydrogen-bond acceptors (Lipinski definition) is 5. The van der Waals surface area contributed by atoms with Crippen LogP contribution in [0.3, 0.4) is 0 Å². The maximum Gasteiger partial charge on any atom is 0.173 e. The number of ether oxygens (including phenoxy) is 2. The molecular formula is C25H24N2O3S. The van der Waals surface area contributed by atoms with Gasteiger partial charge >= 0.3 is 0 Å². The van der Waals surface area contributed by atoms with E-state index in [0.29, 0.717) is 6.54 Å². The molecule has 6 heteroatoms. The van der Waals surface area contributed by atoms with Crippen LogP contribution in [0.5, 0.6) is 17.2 Å². The number of phenols is 1. The first-order chi connectivity index (χ1) is 15.1. The number of aromatic nitrogens is 2. The van der Waals surface area contributed by atoms with Gasteiger partial charge in [0.1, 0.15) is 17.2 Å². The number of methoxy groups -OCH3 is 2. The van der Waals surface area contributed by atoms with Crippen molar-refractivity contribution in [1.29, 1.82) is 0 Å². The highest BCUT2D eigenvalue weighted by atomic mass is 32.2. The van der Waals surface area contributed by atoms with Crippen LogP contribution < -0.4 is 9.47 Å². The molecule has 158 valence electrons. The Morgan fingerprint density at radius 2 is 1.39 bits per heavy atom. The molecule has 0 amide bonds. The molecule has 0 saturated carbocycles. The van der Waals surface area contributed by atoms with Crippen molar-refractivity contribution in [2.45, 2.75) is 23.0 Å². The summed E-state index contributed by atoms with van der Waals surface area (Å²) in [6.07, 6.45) is 2.85. The summed E-state index contributed by atoms with van der Waals surface area (Å²) in [5, 5.41) is 10.5. The van der Waals surface area contributed by atoms with E-state index in [-0.39, 0.29) is 5.75 Å². The van der Waals surface area contributed by atoms with Crippen LogP contribution in [-0.2, 0) is 13.0 Å². The fraction of sp³-hybridized carbons (Fsp3) is 0.160. The highest BCUT2D eigenvalue weighted by molar-refractivity contribution is 7.99. The first kappa shape index (κ1) is 20.9. The first-order valence-corrected chi connectivity index (χ1v) is 10.7. The summed E-state index contributed by atoms with van der Waals surface area (Å²) in [5.74, 6) is 1.94. The molecule has 0 bridgehead atoms. The molecule has 1 N–H and O–H groups in total. The van der Waals surface area contributed by atoms with Gasteiger partial charge in [-0.1, -0.05) is 36.0 Å². The Bertz CT molecular complexity index is 1120. The fourth-order valence-electron chi connectivity index (χ4n) is 3.23. The molecule has 0 radical (unpaired) electrons. The Morgan fingerprint density at radius 1 is 0.806 bits per heavy atom. The second-order valence-electron chi connectivity index (χ2n) is 7.11. The van der Waals surface area contributed by atoms with Crippen LogP contribution >= 0.6 is 11.8 Å². The van der Waals surface area contributed by atoms with E-state index in [1.54, 1.807) is 38.1 Å². The molecular weight excluding hydrogens is 408 g/mol. The van der Waals surface area contributed by atoms with Crippen molar-refractivity contribution in [2.24, 2.45) is 0 Å². The standard InChI is InChI=1S/C25H24N2O3S/c1-29-22-9-3-18(4-10-22)15-20-17-27(16-19-5-11-23(30-2)12-6-19)25(26-20)31-24-13-7-21(28)8-14-24/h3-14,17,28H,15-16H2,1-2H3. The lowest BCUT2D eigenvalue weighted by atomic mass is 10.1. The Balaban J connectivity index is 1.60. The predicted molar refractivity (Wildman–Crippen MR) is 122 cm³/mol. The fourth-order valence-corrected chi connectivity index (χ4v) is 4.11. The highest BCUT2D eigenvalue weighted by Crippen LogP contribution is 2.29. The van der Waals surface area contributed by atoms with Gasteiger partial charge in [-0.25, -0.2) is 4.98 Å². The zero-order chi connectivity index (χ0) is 21.6. The molecule has 0 atom stereocenters. The molecule has 0 aliphatic carbocycles. The van der Waals surface area contributed by atoms with E-state index in [1.807, 2.05) is 36.4 Å². The molecule has 4 rings (SSSR count). The van der Waals surface area contributed by atoms with Gasteiger partial charge in [0, 0.05) is 24.1 Å². The zero-order valence-electron chi connectivity index (χ0n) is 17.5. The number of aromatic hydroxyl groups is 1. The summed E-state index contributed by atoms with van der Waals surface area (Å²) in [6, 6.07) is 23.3. The predicted octanol–water partition coefficient (Wildman–Crippen LogP) is 5.40. The van der Waals surface area contributed by atoms with Crippen LogP contribution in [0, 0.1) is 0 Å². The third-order valence-electron chi connectivity index (χ3n) is 4.89. The maximum absolute atomic E-state index is 9.57. The Labute approximate surface area is 186 Å². The van der Waals surface area contributed by atoms with E-state index in [9.17, 15) is 5.11 Å². The summed E-state index contributed by atoms with van der Waals surface area (Å²) in [7, 11) is 3.34. The van der Waals surface area contributed by atoms with Crippen LogP contribution in [0.4, 0.5) is 0 Å². The van der Waals surface area contributed by atoms with Crippen molar-refractivity contribution < 1.29 is 14.6 Å². The summed E-state index contributed by atoms with van der Waals surface area (Å²) < 4.78 is 12.7. The van der Waals surface area contributed by atoms with Gasteiger partial charge in [0.15, 0.2) is 5.16 Å². The molecule has 0 unspecified atom stereocenters. The molecule has 0 fully saturated rings. The minimum absolute atomic E-state index is 0.256.